The molecule has 4 nitrogen and oxygen atoms in total. The molecule has 1 heterocycles. The molecule has 0 fully saturated rings. The number of aromatic amines is 1. The van der Waals surface area contributed by atoms with E-state index in [2.05, 4.69) is 4.98 Å². The van der Waals surface area contributed by atoms with E-state index in [1.54, 1.807) is 18.3 Å². The predicted octanol–water partition coefficient (Wildman–Crippen LogP) is 2.13. The minimum absolute atomic E-state index is 0.0753. The van der Waals surface area contributed by atoms with Gasteiger partial charge in [0.2, 0.25) is 0 Å². The van der Waals surface area contributed by atoms with E-state index in [-0.39, 0.29) is 11.5 Å². The van der Waals surface area contributed by atoms with E-state index in [0.29, 0.717) is 5.69 Å². The van der Waals surface area contributed by atoms with Crippen LogP contribution >= 0.6 is 0 Å². The van der Waals surface area contributed by atoms with Crippen molar-refractivity contribution in [3.63, 3.8) is 0 Å². The first kappa shape index (κ1) is 11.1. The van der Waals surface area contributed by atoms with Crippen molar-refractivity contribution < 1.29 is 13.9 Å². The summed E-state index contributed by atoms with van der Waals surface area (Å²) in [7, 11) is 0. The van der Waals surface area contributed by atoms with Gasteiger partial charge in [0.05, 0.1) is 5.69 Å². The highest BCUT2D eigenvalue weighted by atomic mass is 19.1. The van der Waals surface area contributed by atoms with E-state index < -0.39 is 11.8 Å². The van der Waals surface area contributed by atoms with Gasteiger partial charge in [0, 0.05) is 12.3 Å². The number of rotatable bonds is 3. The highest BCUT2D eigenvalue weighted by Crippen LogP contribution is 2.12. The van der Waals surface area contributed by atoms with E-state index in [0.717, 1.165) is 6.07 Å². The van der Waals surface area contributed by atoms with Crippen molar-refractivity contribution in [3.8, 4) is 5.75 Å². The molecule has 0 saturated heterocycles. The highest BCUT2D eigenvalue weighted by Gasteiger charge is 2.15. The monoisotopic (exact) mass is 232 g/mol. The van der Waals surface area contributed by atoms with Crippen LogP contribution in [0.15, 0.2) is 42.6 Å². The highest BCUT2D eigenvalue weighted by molar-refractivity contribution is 6.41. The minimum atomic E-state index is -0.835. The summed E-state index contributed by atoms with van der Waals surface area (Å²) < 4.78 is 17.7. The third-order valence-electron chi connectivity index (χ3n) is 2.08. The molecule has 86 valence electrons. The van der Waals surface area contributed by atoms with Crippen molar-refractivity contribution in [2.75, 3.05) is 0 Å². The lowest BCUT2D eigenvalue weighted by Gasteiger charge is -2.04. The third kappa shape index (κ3) is 2.57. The summed E-state index contributed by atoms with van der Waals surface area (Å²) in [5.74, 6) is -1.26. The van der Waals surface area contributed by atoms with Crippen LogP contribution in [0, 0.1) is 11.2 Å². The number of H-pyrrole nitrogens is 1. The van der Waals surface area contributed by atoms with Gasteiger partial charge >= 0.3 is 5.97 Å². The SMILES string of the molecule is N=C(C(=O)Oc1cccc(F)c1)c1ccc[nH]1. The van der Waals surface area contributed by atoms with Gasteiger partial charge in [-0.05, 0) is 24.3 Å². The Morgan fingerprint density at radius 2 is 2.12 bits per heavy atom. The Bertz CT molecular complexity index is 549. The molecule has 2 rings (SSSR count). The quantitative estimate of drug-likeness (QED) is 0.483. The van der Waals surface area contributed by atoms with Gasteiger partial charge < -0.3 is 9.72 Å². The molecule has 0 amide bonds. The Morgan fingerprint density at radius 3 is 2.76 bits per heavy atom. The van der Waals surface area contributed by atoms with Crippen LogP contribution in [0.3, 0.4) is 0 Å². The van der Waals surface area contributed by atoms with Crippen LogP contribution in [0.4, 0.5) is 4.39 Å². The number of benzene rings is 1. The van der Waals surface area contributed by atoms with Gasteiger partial charge in [-0.1, -0.05) is 6.07 Å². The molecule has 0 aliphatic carbocycles. The number of aromatic nitrogens is 1. The zero-order valence-corrected chi connectivity index (χ0v) is 8.74. The second-order valence-electron chi connectivity index (χ2n) is 3.31. The van der Waals surface area contributed by atoms with Crippen LogP contribution in [-0.4, -0.2) is 16.7 Å². The summed E-state index contributed by atoms with van der Waals surface area (Å²) in [6.45, 7) is 0. The van der Waals surface area contributed by atoms with Crippen LogP contribution in [0.2, 0.25) is 0 Å². The molecule has 2 aromatic rings. The topological polar surface area (TPSA) is 65.9 Å². The van der Waals surface area contributed by atoms with Gasteiger partial charge in [-0.2, -0.15) is 0 Å². The number of carbonyl (C=O) groups excluding carboxylic acids is 1. The molecule has 5 heteroatoms. The Balaban J connectivity index is 2.10. The molecule has 0 spiro atoms. The summed E-state index contributed by atoms with van der Waals surface area (Å²) in [5, 5.41) is 7.56. The first-order valence-electron chi connectivity index (χ1n) is 4.87. The molecule has 17 heavy (non-hydrogen) atoms. The number of carbonyl (C=O) groups is 1. The minimum Gasteiger partial charge on any atom is -0.422 e. The van der Waals surface area contributed by atoms with Gasteiger partial charge in [0.15, 0.2) is 5.71 Å². The zero-order valence-electron chi connectivity index (χ0n) is 8.74. The number of ether oxygens (including phenoxy) is 1. The Hall–Kier alpha value is -2.43. The third-order valence-corrected chi connectivity index (χ3v) is 2.08. The summed E-state index contributed by atoms with van der Waals surface area (Å²) in [6, 6.07) is 8.45. The van der Waals surface area contributed by atoms with E-state index in [4.69, 9.17) is 10.1 Å². The first-order valence-corrected chi connectivity index (χ1v) is 4.87. The van der Waals surface area contributed by atoms with Crippen LogP contribution in [0.5, 0.6) is 5.75 Å². The molecular weight excluding hydrogens is 223 g/mol. The summed E-state index contributed by atoms with van der Waals surface area (Å²) >= 11 is 0. The number of hydrogen-bond acceptors (Lipinski definition) is 3. The lowest BCUT2D eigenvalue weighted by atomic mass is 10.3. The van der Waals surface area contributed by atoms with Gasteiger partial charge in [0.25, 0.3) is 0 Å². The Labute approximate surface area is 96.6 Å². The fraction of sp³-hybridized carbons (Fsp3) is 0. The van der Waals surface area contributed by atoms with Crippen molar-refractivity contribution in [1.29, 1.82) is 5.41 Å². The second kappa shape index (κ2) is 4.61. The number of nitrogens with one attached hydrogen (secondary N) is 2. The van der Waals surface area contributed by atoms with E-state index in [9.17, 15) is 9.18 Å². The van der Waals surface area contributed by atoms with Crippen LogP contribution in [-0.2, 0) is 4.79 Å². The average Bonchev–Trinajstić information content (AvgIpc) is 2.81. The molecule has 0 radical (unpaired) electrons. The zero-order chi connectivity index (χ0) is 12.3. The normalized spacial score (nSPS) is 9.94. The first-order chi connectivity index (χ1) is 8.16. The molecule has 1 aromatic heterocycles. The molecule has 0 aliphatic heterocycles. The number of esters is 1. The maximum atomic E-state index is 12.8. The average molecular weight is 232 g/mol. The van der Waals surface area contributed by atoms with Crippen molar-refractivity contribution in [2.24, 2.45) is 0 Å². The van der Waals surface area contributed by atoms with E-state index in [1.165, 1.54) is 18.2 Å². The Kier molecular flexibility index (Phi) is 3.00. The maximum absolute atomic E-state index is 12.8. The number of halogens is 1. The fourth-order valence-electron chi connectivity index (χ4n) is 1.28. The molecule has 0 atom stereocenters. The summed E-state index contributed by atoms with van der Waals surface area (Å²) in [5.41, 5.74) is 0.0469. The lowest BCUT2D eigenvalue weighted by Crippen LogP contribution is -2.20. The van der Waals surface area contributed by atoms with E-state index in [1.807, 2.05) is 0 Å². The van der Waals surface area contributed by atoms with Gasteiger partial charge in [-0.25, -0.2) is 9.18 Å². The van der Waals surface area contributed by atoms with Crippen molar-refractivity contribution in [1.82, 2.24) is 4.98 Å². The van der Waals surface area contributed by atoms with Crippen molar-refractivity contribution >= 4 is 11.7 Å². The summed E-state index contributed by atoms with van der Waals surface area (Å²) in [6.07, 6.45) is 1.60. The van der Waals surface area contributed by atoms with Gasteiger partial charge in [0.1, 0.15) is 11.6 Å². The van der Waals surface area contributed by atoms with Crippen molar-refractivity contribution in [2.45, 2.75) is 0 Å². The van der Waals surface area contributed by atoms with Crippen molar-refractivity contribution in [3.05, 3.63) is 54.1 Å². The maximum Gasteiger partial charge on any atom is 0.363 e. The van der Waals surface area contributed by atoms with Crippen LogP contribution in [0.25, 0.3) is 0 Å². The molecule has 0 unspecified atom stereocenters. The standard InChI is InChI=1S/C12H9FN2O2/c13-8-3-1-4-9(7-8)17-12(16)11(14)10-5-2-6-15-10/h1-7,14-15H. The molecule has 0 bridgehead atoms. The summed E-state index contributed by atoms with van der Waals surface area (Å²) in [4.78, 5) is 14.2. The molecule has 2 N–H and O–H groups in total. The van der Waals surface area contributed by atoms with Crippen LogP contribution in [0.1, 0.15) is 5.69 Å². The molecular formula is C12H9FN2O2. The van der Waals surface area contributed by atoms with E-state index >= 15 is 0 Å². The smallest absolute Gasteiger partial charge is 0.363 e. The van der Waals surface area contributed by atoms with Gasteiger partial charge in [-0.15, -0.1) is 0 Å². The molecule has 0 aliphatic rings. The Morgan fingerprint density at radius 1 is 1.29 bits per heavy atom. The molecule has 1 aromatic carbocycles. The van der Waals surface area contributed by atoms with Crippen LogP contribution < -0.4 is 4.74 Å². The lowest BCUT2D eigenvalue weighted by molar-refractivity contribution is -0.127. The van der Waals surface area contributed by atoms with Gasteiger partial charge in [-0.3, -0.25) is 5.41 Å². The fourth-order valence-corrected chi connectivity index (χ4v) is 1.28. The molecule has 0 saturated carbocycles. The number of hydrogen-bond donors (Lipinski definition) is 2. The predicted molar refractivity (Wildman–Crippen MR) is 59.7 cm³/mol. The largest absolute Gasteiger partial charge is 0.422 e. The second-order valence-corrected chi connectivity index (χ2v) is 3.31.